The highest BCUT2D eigenvalue weighted by Gasteiger charge is 2.29. The van der Waals surface area contributed by atoms with Crippen LogP contribution in [0, 0.1) is 0 Å². The quantitative estimate of drug-likeness (QED) is 0.0298. The SMILES string of the molecule is CCCCCCCCCCCCCCCC(=O)NCC(NC(=O)CCCCCCCCCCCCCCC)C(=O)N[C@H](CCCCN)C(=O)N[C@H](CCCCN)C(N)=O. The van der Waals surface area contributed by atoms with Gasteiger partial charge in [0, 0.05) is 19.4 Å². The molecule has 5 amide bonds. The van der Waals surface area contributed by atoms with E-state index in [-0.39, 0.29) is 31.2 Å². The first-order chi connectivity index (χ1) is 28.7. The molecule has 0 saturated heterocycles. The van der Waals surface area contributed by atoms with E-state index in [0.29, 0.717) is 58.0 Å². The molecule has 0 spiro atoms. The summed E-state index contributed by atoms with van der Waals surface area (Å²) < 4.78 is 0. The molecule has 0 fully saturated rings. The van der Waals surface area contributed by atoms with Gasteiger partial charge in [-0.25, -0.2) is 0 Å². The molecule has 3 atom stereocenters. The number of rotatable bonds is 44. The lowest BCUT2D eigenvalue weighted by Crippen LogP contribution is -2.58. The molecule has 0 saturated carbocycles. The van der Waals surface area contributed by atoms with Gasteiger partial charge < -0.3 is 38.5 Å². The first kappa shape index (κ1) is 56.3. The summed E-state index contributed by atoms with van der Waals surface area (Å²) in [5.41, 5.74) is 16.9. The highest BCUT2D eigenvalue weighted by Crippen LogP contribution is 2.15. The van der Waals surface area contributed by atoms with Crippen molar-refractivity contribution in [3.8, 4) is 0 Å². The molecule has 0 heterocycles. The molecule has 0 aliphatic carbocycles. The second-order valence-electron chi connectivity index (χ2n) is 17.0. The molecule has 12 heteroatoms. The molecule has 0 aromatic heterocycles. The highest BCUT2D eigenvalue weighted by molar-refractivity contribution is 5.94. The molecule has 0 rings (SSSR count). The van der Waals surface area contributed by atoms with Crippen LogP contribution in [0.15, 0.2) is 0 Å². The molecule has 0 aromatic rings. The van der Waals surface area contributed by atoms with Gasteiger partial charge in [-0.1, -0.05) is 168 Å². The average molecular weight is 836 g/mol. The Bertz CT molecular complexity index is 1050. The molecule has 1 unspecified atom stereocenters. The van der Waals surface area contributed by atoms with Gasteiger partial charge in [0.25, 0.3) is 0 Å². The Hall–Kier alpha value is -2.73. The van der Waals surface area contributed by atoms with Crippen molar-refractivity contribution >= 4 is 29.5 Å². The van der Waals surface area contributed by atoms with Crippen LogP contribution >= 0.6 is 0 Å². The number of hydrogen-bond acceptors (Lipinski definition) is 7. The van der Waals surface area contributed by atoms with Gasteiger partial charge in [-0.2, -0.15) is 0 Å². The van der Waals surface area contributed by atoms with Gasteiger partial charge in [0.15, 0.2) is 0 Å². The summed E-state index contributed by atoms with van der Waals surface area (Å²) in [6.07, 6.45) is 35.2. The smallest absolute Gasteiger partial charge is 0.245 e. The minimum atomic E-state index is -1.07. The Labute approximate surface area is 361 Å². The lowest BCUT2D eigenvalue weighted by Gasteiger charge is -2.25. The van der Waals surface area contributed by atoms with Crippen molar-refractivity contribution in [1.82, 2.24) is 21.3 Å². The van der Waals surface area contributed by atoms with Gasteiger partial charge in [-0.3, -0.25) is 24.0 Å². The van der Waals surface area contributed by atoms with E-state index in [0.717, 1.165) is 38.5 Å². The summed E-state index contributed by atoms with van der Waals surface area (Å²) in [5.74, 6) is -2.20. The van der Waals surface area contributed by atoms with Gasteiger partial charge in [-0.15, -0.1) is 0 Å². The number of primary amides is 1. The molecule has 0 aliphatic heterocycles. The normalized spacial score (nSPS) is 12.7. The second-order valence-corrected chi connectivity index (χ2v) is 17.0. The van der Waals surface area contributed by atoms with E-state index < -0.39 is 35.8 Å². The standard InChI is InChI=1S/C47H93N7O5/c1-3-5-7-9-11-13-15-17-19-21-23-25-27-35-43(55)51-39-42(52-44(56)36-28-26-24-22-20-18-16-14-12-10-8-6-4-2)47(59)54-41(34-30-32-38-49)46(58)53-40(45(50)57)33-29-31-37-48/h40-42H,3-39,48-49H2,1-2H3,(H2,50,57)(H,51,55)(H,52,56)(H,53,58)(H,54,59)/t40-,41-,42?/m1/s1. The molecule has 0 aliphatic rings. The van der Waals surface area contributed by atoms with Gasteiger partial charge in [0.2, 0.25) is 29.5 Å². The number of nitrogens with two attached hydrogens (primary N) is 3. The number of carbonyl (C=O) groups excluding carboxylic acids is 5. The van der Waals surface area contributed by atoms with Crippen molar-refractivity contribution < 1.29 is 24.0 Å². The van der Waals surface area contributed by atoms with Crippen LogP contribution in [-0.2, 0) is 24.0 Å². The molecule has 0 aromatic carbocycles. The monoisotopic (exact) mass is 836 g/mol. The van der Waals surface area contributed by atoms with E-state index in [1.165, 1.54) is 122 Å². The third kappa shape index (κ3) is 35.7. The summed E-state index contributed by atoms with van der Waals surface area (Å²) in [6.45, 7) is 5.29. The van der Waals surface area contributed by atoms with Crippen molar-refractivity contribution in [1.29, 1.82) is 0 Å². The summed E-state index contributed by atoms with van der Waals surface area (Å²) >= 11 is 0. The predicted octanol–water partition coefficient (Wildman–Crippen LogP) is 8.26. The topological polar surface area (TPSA) is 212 Å². The third-order valence-corrected chi connectivity index (χ3v) is 11.4. The number of amides is 5. The van der Waals surface area contributed by atoms with Crippen molar-refractivity contribution in [2.45, 2.75) is 250 Å². The van der Waals surface area contributed by atoms with Crippen LogP contribution in [0.3, 0.4) is 0 Å². The molecule has 59 heavy (non-hydrogen) atoms. The first-order valence-corrected chi connectivity index (χ1v) is 24.6. The third-order valence-electron chi connectivity index (χ3n) is 11.4. The predicted molar refractivity (Wildman–Crippen MR) is 244 cm³/mol. The maximum atomic E-state index is 13.8. The molecule has 0 bridgehead atoms. The summed E-state index contributed by atoms with van der Waals surface area (Å²) in [7, 11) is 0. The van der Waals surface area contributed by atoms with Crippen molar-refractivity contribution in [2.24, 2.45) is 17.2 Å². The number of carbonyl (C=O) groups is 5. The number of unbranched alkanes of at least 4 members (excludes halogenated alkanes) is 26. The molecule has 346 valence electrons. The fraction of sp³-hybridized carbons (Fsp3) is 0.894. The molecule has 10 N–H and O–H groups in total. The number of hydrogen-bond donors (Lipinski definition) is 7. The van der Waals surface area contributed by atoms with Crippen LogP contribution in [0.5, 0.6) is 0 Å². The van der Waals surface area contributed by atoms with Crippen LogP contribution in [0.2, 0.25) is 0 Å². The van der Waals surface area contributed by atoms with E-state index in [1.54, 1.807) is 0 Å². The van der Waals surface area contributed by atoms with E-state index >= 15 is 0 Å². The summed E-state index contributed by atoms with van der Waals surface area (Å²) in [4.78, 5) is 65.3. The Morgan fingerprint density at radius 3 is 1.12 bits per heavy atom. The molecular formula is C47H93N7O5. The fourth-order valence-electron chi connectivity index (χ4n) is 7.47. The van der Waals surface area contributed by atoms with Gasteiger partial charge in [0.1, 0.15) is 18.1 Å². The van der Waals surface area contributed by atoms with Gasteiger partial charge in [-0.05, 0) is 64.5 Å². The van der Waals surface area contributed by atoms with Crippen LogP contribution in [0.4, 0.5) is 0 Å². The maximum Gasteiger partial charge on any atom is 0.245 e. The van der Waals surface area contributed by atoms with Crippen molar-refractivity contribution in [3.63, 3.8) is 0 Å². The Balaban J connectivity index is 5.11. The molecule has 12 nitrogen and oxygen atoms in total. The van der Waals surface area contributed by atoms with E-state index in [4.69, 9.17) is 17.2 Å². The fourth-order valence-corrected chi connectivity index (χ4v) is 7.47. The second kappa shape index (κ2) is 42.0. The molecular weight excluding hydrogens is 743 g/mol. The summed E-state index contributed by atoms with van der Waals surface area (Å²) in [5, 5.41) is 11.2. The minimum Gasteiger partial charge on any atom is -0.368 e. The van der Waals surface area contributed by atoms with E-state index in [2.05, 4.69) is 35.1 Å². The van der Waals surface area contributed by atoms with Crippen molar-refractivity contribution in [2.75, 3.05) is 19.6 Å². The zero-order valence-corrected chi connectivity index (χ0v) is 38.2. The zero-order valence-electron chi connectivity index (χ0n) is 38.2. The van der Waals surface area contributed by atoms with E-state index in [1.807, 2.05) is 0 Å². The van der Waals surface area contributed by atoms with Crippen molar-refractivity contribution in [3.05, 3.63) is 0 Å². The van der Waals surface area contributed by atoms with Crippen LogP contribution in [0.25, 0.3) is 0 Å². The highest BCUT2D eigenvalue weighted by atomic mass is 16.2. The summed E-state index contributed by atoms with van der Waals surface area (Å²) in [6, 6.07) is -2.95. The van der Waals surface area contributed by atoms with Crippen LogP contribution < -0.4 is 38.5 Å². The van der Waals surface area contributed by atoms with Crippen LogP contribution in [-0.4, -0.2) is 67.3 Å². The zero-order chi connectivity index (χ0) is 43.6. The lowest BCUT2D eigenvalue weighted by molar-refractivity contribution is -0.133. The van der Waals surface area contributed by atoms with Gasteiger partial charge in [0.05, 0.1) is 0 Å². The van der Waals surface area contributed by atoms with E-state index in [9.17, 15) is 24.0 Å². The van der Waals surface area contributed by atoms with Gasteiger partial charge >= 0.3 is 0 Å². The largest absolute Gasteiger partial charge is 0.368 e. The Morgan fingerprint density at radius 2 is 0.729 bits per heavy atom. The minimum absolute atomic E-state index is 0.0897. The molecule has 0 radical (unpaired) electrons. The lowest BCUT2D eigenvalue weighted by atomic mass is 10.0. The number of nitrogens with one attached hydrogen (secondary N) is 4. The maximum absolute atomic E-state index is 13.8. The Morgan fingerprint density at radius 1 is 0.390 bits per heavy atom. The Kier molecular flexibility index (Phi) is 40.0. The van der Waals surface area contributed by atoms with Crippen LogP contribution in [0.1, 0.15) is 232 Å². The first-order valence-electron chi connectivity index (χ1n) is 24.6. The average Bonchev–Trinajstić information content (AvgIpc) is 3.22.